The number of hydrogen-bond acceptors (Lipinski definition) is 2. The standard InChI is InChI=1S/C13H17N3/c1-10-4-5-12(11(2)8-10)6-7-13-9-16(3)15-14-13/h4-5,8-9H,6-7H2,1-3H3. The summed E-state index contributed by atoms with van der Waals surface area (Å²) in [7, 11) is 1.90. The van der Waals surface area contributed by atoms with Crippen LogP contribution in [0.4, 0.5) is 0 Å². The molecule has 0 aliphatic carbocycles. The van der Waals surface area contributed by atoms with E-state index in [1.165, 1.54) is 16.7 Å². The van der Waals surface area contributed by atoms with Crippen LogP contribution in [0.15, 0.2) is 24.4 Å². The highest BCUT2D eigenvalue weighted by Gasteiger charge is 2.02. The zero-order valence-electron chi connectivity index (χ0n) is 10.1. The van der Waals surface area contributed by atoms with Crippen LogP contribution in [0.2, 0.25) is 0 Å². The molecule has 0 spiro atoms. The monoisotopic (exact) mass is 215 g/mol. The SMILES string of the molecule is Cc1ccc(CCc2cn(C)nn2)c(C)c1. The van der Waals surface area contributed by atoms with Crippen molar-refractivity contribution < 1.29 is 0 Å². The van der Waals surface area contributed by atoms with Gasteiger partial charge >= 0.3 is 0 Å². The van der Waals surface area contributed by atoms with Gasteiger partial charge in [-0.25, -0.2) is 0 Å². The second-order valence-corrected chi connectivity index (χ2v) is 4.31. The van der Waals surface area contributed by atoms with Crippen molar-refractivity contribution >= 4 is 0 Å². The van der Waals surface area contributed by atoms with Crippen LogP contribution in [0, 0.1) is 13.8 Å². The molecule has 0 aliphatic heterocycles. The van der Waals surface area contributed by atoms with E-state index in [1.807, 2.05) is 13.2 Å². The third-order valence-electron chi connectivity index (χ3n) is 2.80. The lowest BCUT2D eigenvalue weighted by atomic mass is 10.0. The van der Waals surface area contributed by atoms with Crippen LogP contribution in [-0.4, -0.2) is 15.0 Å². The maximum atomic E-state index is 4.09. The van der Waals surface area contributed by atoms with Crippen LogP contribution >= 0.6 is 0 Å². The van der Waals surface area contributed by atoms with E-state index in [0.717, 1.165) is 18.5 Å². The van der Waals surface area contributed by atoms with Gasteiger partial charge < -0.3 is 0 Å². The van der Waals surface area contributed by atoms with Crippen molar-refractivity contribution in [2.75, 3.05) is 0 Å². The fourth-order valence-corrected chi connectivity index (χ4v) is 1.90. The van der Waals surface area contributed by atoms with Crippen molar-refractivity contribution in [3.8, 4) is 0 Å². The largest absolute Gasteiger partial charge is 0.255 e. The number of hydrogen-bond donors (Lipinski definition) is 0. The molecule has 1 aromatic carbocycles. The highest BCUT2D eigenvalue weighted by atomic mass is 15.4. The Kier molecular flexibility index (Phi) is 3.04. The lowest BCUT2D eigenvalue weighted by Crippen LogP contribution is -1.95. The first kappa shape index (κ1) is 10.9. The van der Waals surface area contributed by atoms with Crippen LogP contribution in [0.5, 0.6) is 0 Å². The normalized spacial score (nSPS) is 10.7. The molecule has 0 bridgehead atoms. The van der Waals surface area contributed by atoms with Crippen LogP contribution in [0.3, 0.4) is 0 Å². The summed E-state index contributed by atoms with van der Waals surface area (Å²) in [6.45, 7) is 4.29. The van der Waals surface area contributed by atoms with Gasteiger partial charge in [-0.05, 0) is 37.8 Å². The summed E-state index contributed by atoms with van der Waals surface area (Å²) in [5.41, 5.74) is 5.14. The number of aryl methyl sites for hydroxylation is 5. The summed E-state index contributed by atoms with van der Waals surface area (Å²) in [6.07, 6.45) is 3.96. The van der Waals surface area contributed by atoms with Gasteiger partial charge in [0.1, 0.15) is 0 Å². The third-order valence-corrected chi connectivity index (χ3v) is 2.80. The smallest absolute Gasteiger partial charge is 0.0830 e. The summed E-state index contributed by atoms with van der Waals surface area (Å²) < 4.78 is 1.75. The van der Waals surface area contributed by atoms with Crippen molar-refractivity contribution in [2.45, 2.75) is 26.7 Å². The summed E-state index contributed by atoms with van der Waals surface area (Å²) in [5, 5.41) is 8.02. The molecule has 0 N–H and O–H groups in total. The lowest BCUT2D eigenvalue weighted by molar-refractivity contribution is 0.713. The first-order chi connectivity index (χ1) is 7.65. The minimum Gasteiger partial charge on any atom is -0.255 e. The van der Waals surface area contributed by atoms with Crippen LogP contribution in [0.25, 0.3) is 0 Å². The molecule has 0 saturated carbocycles. The molecule has 2 aromatic rings. The van der Waals surface area contributed by atoms with Crippen LogP contribution in [-0.2, 0) is 19.9 Å². The average molecular weight is 215 g/mol. The minimum absolute atomic E-state index is 0.956. The van der Waals surface area contributed by atoms with Crippen molar-refractivity contribution in [3.63, 3.8) is 0 Å². The van der Waals surface area contributed by atoms with Crippen molar-refractivity contribution in [3.05, 3.63) is 46.8 Å². The van der Waals surface area contributed by atoms with E-state index in [0.29, 0.717) is 0 Å². The highest BCUT2D eigenvalue weighted by Crippen LogP contribution is 2.12. The molecule has 1 aromatic heterocycles. The summed E-state index contributed by atoms with van der Waals surface area (Å²) in [5.74, 6) is 0. The molecule has 0 atom stereocenters. The fourth-order valence-electron chi connectivity index (χ4n) is 1.90. The van der Waals surface area contributed by atoms with Crippen LogP contribution in [0.1, 0.15) is 22.4 Å². The zero-order chi connectivity index (χ0) is 11.5. The van der Waals surface area contributed by atoms with Gasteiger partial charge in [-0.3, -0.25) is 4.68 Å². The molecule has 3 heteroatoms. The molecule has 2 rings (SSSR count). The van der Waals surface area contributed by atoms with E-state index in [9.17, 15) is 0 Å². The maximum Gasteiger partial charge on any atom is 0.0830 e. The fraction of sp³-hybridized carbons (Fsp3) is 0.385. The molecular weight excluding hydrogens is 198 g/mol. The second-order valence-electron chi connectivity index (χ2n) is 4.31. The lowest BCUT2D eigenvalue weighted by Gasteiger charge is -2.05. The summed E-state index contributed by atoms with van der Waals surface area (Å²) in [4.78, 5) is 0. The van der Waals surface area contributed by atoms with E-state index < -0.39 is 0 Å². The summed E-state index contributed by atoms with van der Waals surface area (Å²) >= 11 is 0. The molecule has 0 radical (unpaired) electrons. The number of benzene rings is 1. The Bertz CT molecular complexity index is 486. The van der Waals surface area contributed by atoms with Gasteiger partial charge in [-0.15, -0.1) is 5.10 Å². The Balaban J connectivity index is 2.04. The van der Waals surface area contributed by atoms with Gasteiger partial charge in [0.15, 0.2) is 0 Å². The van der Waals surface area contributed by atoms with Gasteiger partial charge in [0.05, 0.1) is 5.69 Å². The van der Waals surface area contributed by atoms with E-state index in [4.69, 9.17) is 0 Å². The van der Waals surface area contributed by atoms with Crippen molar-refractivity contribution in [1.29, 1.82) is 0 Å². The van der Waals surface area contributed by atoms with Gasteiger partial charge in [0.25, 0.3) is 0 Å². The molecule has 16 heavy (non-hydrogen) atoms. The first-order valence-corrected chi connectivity index (χ1v) is 5.56. The average Bonchev–Trinajstić information content (AvgIpc) is 2.63. The molecule has 1 heterocycles. The van der Waals surface area contributed by atoms with E-state index >= 15 is 0 Å². The molecule has 3 nitrogen and oxygen atoms in total. The zero-order valence-corrected chi connectivity index (χ0v) is 10.1. The topological polar surface area (TPSA) is 30.7 Å². The number of aromatic nitrogens is 3. The minimum atomic E-state index is 0.956. The van der Waals surface area contributed by atoms with E-state index in [-0.39, 0.29) is 0 Å². The van der Waals surface area contributed by atoms with Crippen LogP contribution < -0.4 is 0 Å². The van der Waals surface area contributed by atoms with Gasteiger partial charge in [0.2, 0.25) is 0 Å². The summed E-state index contributed by atoms with van der Waals surface area (Å²) in [6, 6.07) is 6.60. The van der Waals surface area contributed by atoms with Crippen molar-refractivity contribution in [2.24, 2.45) is 7.05 Å². The van der Waals surface area contributed by atoms with Gasteiger partial charge in [-0.1, -0.05) is 29.0 Å². The van der Waals surface area contributed by atoms with Gasteiger partial charge in [0, 0.05) is 13.2 Å². The third kappa shape index (κ3) is 2.48. The highest BCUT2D eigenvalue weighted by molar-refractivity contribution is 5.30. The Morgan fingerprint density at radius 3 is 2.62 bits per heavy atom. The van der Waals surface area contributed by atoms with E-state index in [1.54, 1.807) is 4.68 Å². The number of rotatable bonds is 3. The molecule has 0 aliphatic rings. The predicted octanol–water partition coefficient (Wildman–Crippen LogP) is 2.22. The van der Waals surface area contributed by atoms with Gasteiger partial charge in [-0.2, -0.15) is 0 Å². The quantitative estimate of drug-likeness (QED) is 0.786. The Morgan fingerprint density at radius 2 is 2.00 bits per heavy atom. The maximum absolute atomic E-state index is 4.09. The van der Waals surface area contributed by atoms with Crippen molar-refractivity contribution in [1.82, 2.24) is 15.0 Å². The second kappa shape index (κ2) is 4.47. The Morgan fingerprint density at radius 1 is 1.19 bits per heavy atom. The molecule has 0 saturated heterocycles. The first-order valence-electron chi connectivity index (χ1n) is 5.56. The molecule has 0 amide bonds. The molecule has 84 valence electrons. The Labute approximate surface area is 96.1 Å². The molecule has 0 fully saturated rings. The molecule has 0 unspecified atom stereocenters. The van der Waals surface area contributed by atoms with E-state index in [2.05, 4.69) is 42.4 Å². The number of nitrogens with zero attached hydrogens (tertiary/aromatic N) is 3. The Hall–Kier alpha value is -1.64. The molecular formula is C13H17N3. The predicted molar refractivity (Wildman–Crippen MR) is 64.3 cm³/mol.